The number of hydrogen-bond donors (Lipinski definition) is 1. The van der Waals surface area contributed by atoms with Crippen LogP contribution in [-0.2, 0) is 19.4 Å². The lowest BCUT2D eigenvalue weighted by molar-refractivity contribution is 0.253. The van der Waals surface area contributed by atoms with E-state index in [0.29, 0.717) is 0 Å². The zero-order valence-corrected chi connectivity index (χ0v) is 16.6. The van der Waals surface area contributed by atoms with Crippen molar-refractivity contribution in [1.29, 1.82) is 0 Å². The third kappa shape index (κ3) is 3.87. The minimum absolute atomic E-state index is 0.0199. The molecule has 0 bridgehead atoms. The highest BCUT2D eigenvalue weighted by Gasteiger charge is 2.22. The van der Waals surface area contributed by atoms with Gasteiger partial charge in [-0.15, -0.1) is 0 Å². The fourth-order valence-corrected chi connectivity index (χ4v) is 3.96. The highest BCUT2D eigenvalue weighted by Crippen LogP contribution is 2.19. The summed E-state index contributed by atoms with van der Waals surface area (Å²) in [6.45, 7) is 6.26. The van der Waals surface area contributed by atoms with Gasteiger partial charge in [0.15, 0.2) is 4.67 Å². The fraction of sp³-hybridized carbons (Fsp3) is 0.556. The lowest BCUT2D eigenvalue weighted by atomic mass is 10.1. The molecule has 140 valence electrons. The summed E-state index contributed by atoms with van der Waals surface area (Å²) >= 11 is 3.35. The Morgan fingerprint density at radius 3 is 2.65 bits per heavy atom. The topological polar surface area (TPSA) is 68.6 Å². The Hall–Kier alpha value is -1.64. The van der Waals surface area contributed by atoms with Crippen molar-refractivity contribution in [1.82, 2.24) is 19.8 Å². The van der Waals surface area contributed by atoms with Crippen LogP contribution in [0.25, 0.3) is 0 Å². The molecule has 1 fully saturated rings. The maximum atomic E-state index is 12.6. The number of likely N-dealkylation sites (N-methyl/N-ethyl adjacent to an activating group) is 1. The quantitative estimate of drug-likeness (QED) is 0.809. The van der Waals surface area contributed by atoms with Crippen molar-refractivity contribution in [3.05, 3.63) is 44.2 Å². The van der Waals surface area contributed by atoms with Crippen LogP contribution in [0.3, 0.4) is 0 Å². The Morgan fingerprint density at radius 1 is 1.15 bits per heavy atom. The number of aromatic nitrogens is 2. The SMILES string of the molecule is CN1CCN(c2nc3c(c(=O)[nH]2)CCN(Cc2ccc(Br)o2)CC3)CC1. The van der Waals surface area contributed by atoms with Gasteiger partial charge in [0.05, 0.1) is 12.2 Å². The molecule has 2 aromatic heterocycles. The summed E-state index contributed by atoms with van der Waals surface area (Å²) in [5.41, 5.74) is 1.81. The van der Waals surface area contributed by atoms with Gasteiger partial charge >= 0.3 is 0 Å². The number of furan rings is 1. The lowest BCUT2D eigenvalue weighted by Crippen LogP contribution is -2.45. The second kappa shape index (κ2) is 7.54. The molecule has 0 aromatic carbocycles. The highest BCUT2D eigenvalue weighted by molar-refractivity contribution is 9.10. The second-order valence-corrected chi connectivity index (χ2v) is 7.87. The molecule has 0 saturated carbocycles. The number of anilines is 1. The smallest absolute Gasteiger partial charge is 0.255 e. The molecule has 0 amide bonds. The summed E-state index contributed by atoms with van der Waals surface area (Å²) in [4.78, 5) is 27.3. The van der Waals surface area contributed by atoms with Crippen LogP contribution in [0.15, 0.2) is 26.0 Å². The number of nitrogens with zero attached hydrogens (tertiary/aromatic N) is 4. The predicted molar refractivity (Wildman–Crippen MR) is 104 cm³/mol. The molecular weight excluding hydrogens is 398 g/mol. The van der Waals surface area contributed by atoms with Gasteiger partial charge in [0.25, 0.3) is 5.56 Å². The van der Waals surface area contributed by atoms with E-state index in [2.05, 4.69) is 42.7 Å². The molecule has 0 atom stereocenters. The largest absolute Gasteiger partial charge is 0.453 e. The van der Waals surface area contributed by atoms with Gasteiger partial charge in [-0.2, -0.15) is 0 Å². The Labute approximate surface area is 161 Å². The van der Waals surface area contributed by atoms with Crippen LogP contribution in [0.2, 0.25) is 0 Å². The zero-order chi connectivity index (χ0) is 18.1. The summed E-state index contributed by atoms with van der Waals surface area (Å²) in [6, 6.07) is 3.90. The summed E-state index contributed by atoms with van der Waals surface area (Å²) in [6.07, 6.45) is 1.52. The molecule has 8 heteroatoms. The Bertz CT molecular complexity index is 825. The molecular formula is C18H24BrN5O2. The van der Waals surface area contributed by atoms with Gasteiger partial charge in [-0.1, -0.05) is 0 Å². The van der Waals surface area contributed by atoms with Gasteiger partial charge in [-0.3, -0.25) is 14.7 Å². The fourth-order valence-electron chi connectivity index (χ4n) is 3.62. The van der Waals surface area contributed by atoms with Crippen molar-refractivity contribution >= 4 is 21.9 Å². The van der Waals surface area contributed by atoms with Crippen LogP contribution in [0.5, 0.6) is 0 Å². The van der Waals surface area contributed by atoms with E-state index in [9.17, 15) is 4.79 Å². The minimum atomic E-state index is 0.0199. The molecule has 4 rings (SSSR count). The Kier molecular flexibility index (Phi) is 5.15. The number of hydrogen-bond acceptors (Lipinski definition) is 6. The van der Waals surface area contributed by atoms with Crippen LogP contribution in [-0.4, -0.2) is 66.1 Å². The first kappa shape index (κ1) is 17.8. The third-order valence-corrected chi connectivity index (χ3v) is 5.67. The van der Waals surface area contributed by atoms with E-state index in [1.54, 1.807) is 0 Å². The van der Waals surface area contributed by atoms with Crippen molar-refractivity contribution in [2.45, 2.75) is 19.4 Å². The van der Waals surface area contributed by atoms with Crippen LogP contribution >= 0.6 is 15.9 Å². The van der Waals surface area contributed by atoms with Gasteiger partial charge in [-0.25, -0.2) is 4.98 Å². The van der Waals surface area contributed by atoms with E-state index in [1.807, 2.05) is 12.1 Å². The molecule has 0 aliphatic carbocycles. The number of fused-ring (bicyclic) bond motifs is 1. The van der Waals surface area contributed by atoms with Crippen LogP contribution in [0.4, 0.5) is 5.95 Å². The van der Waals surface area contributed by atoms with E-state index in [1.165, 1.54) is 0 Å². The predicted octanol–water partition coefficient (Wildman–Crippen LogP) is 1.48. The van der Waals surface area contributed by atoms with E-state index in [4.69, 9.17) is 9.40 Å². The summed E-state index contributed by atoms with van der Waals surface area (Å²) < 4.78 is 6.37. The Balaban J connectivity index is 1.49. The van der Waals surface area contributed by atoms with E-state index >= 15 is 0 Å². The second-order valence-electron chi connectivity index (χ2n) is 7.09. The summed E-state index contributed by atoms with van der Waals surface area (Å²) in [7, 11) is 2.12. The van der Waals surface area contributed by atoms with Crippen molar-refractivity contribution in [2.75, 3.05) is 51.2 Å². The highest BCUT2D eigenvalue weighted by atomic mass is 79.9. The van der Waals surface area contributed by atoms with E-state index in [-0.39, 0.29) is 5.56 Å². The molecule has 1 N–H and O–H groups in total. The van der Waals surface area contributed by atoms with Gasteiger partial charge in [0, 0.05) is 51.3 Å². The number of aromatic amines is 1. The average Bonchev–Trinajstić information content (AvgIpc) is 2.91. The third-order valence-electron chi connectivity index (χ3n) is 5.24. The first-order chi connectivity index (χ1) is 12.6. The molecule has 26 heavy (non-hydrogen) atoms. The van der Waals surface area contributed by atoms with Gasteiger partial charge < -0.3 is 14.2 Å². The standard InChI is InChI=1S/C18H24BrN5O2/c1-22-8-10-24(11-9-22)18-20-15-5-7-23(6-4-14(15)17(25)21-18)12-13-2-3-16(19)26-13/h2-3H,4-12H2,1H3,(H,20,21,25). The molecule has 2 aliphatic heterocycles. The van der Waals surface area contributed by atoms with Crippen molar-refractivity contribution < 1.29 is 4.42 Å². The number of halogens is 1. The van der Waals surface area contributed by atoms with Crippen LogP contribution < -0.4 is 10.5 Å². The summed E-state index contributed by atoms with van der Waals surface area (Å²) in [5.74, 6) is 1.66. The molecule has 7 nitrogen and oxygen atoms in total. The number of rotatable bonds is 3. The zero-order valence-electron chi connectivity index (χ0n) is 15.0. The number of nitrogens with one attached hydrogen (secondary N) is 1. The number of H-pyrrole nitrogens is 1. The van der Waals surface area contributed by atoms with Gasteiger partial charge in [0.1, 0.15) is 5.76 Å². The minimum Gasteiger partial charge on any atom is -0.453 e. The normalized spacial score (nSPS) is 19.4. The van der Waals surface area contributed by atoms with E-state index in [0.717, 1.165) is 86.3 Å². The Morgan fingerprint density at radius 2 is 1.92 bits per heavy atom. The van der Waals surface area contributed by atoms with E-state index < -0.39 is 0 Å². The van der Waals surface area contributed by atoms with Gasteiger partial charge in [0.2, 0.25) is 5.95 Å². The molecule has 0 radical (unpaired) electrons. The molecule has 2 aromatic rings. The molecule has 0 unspecified atom stereocenters. The molecule has 0 spiro atoms. The average molecular weight is 422 g/mol. The van der Waals surface area contributed by atoms with Crippen molar-refractivity contribution in [3.8, 4) is 0 Å². The maximum Gasteiger partial charge on any atom is 0.255 e. The van der Waals surface area contributed by atoms with Crippen LogP contribution in [0.1, 0.15) is 17.0 Å². The maximum absolute atomic E-state index is 12.6. The van der Waals surface area contributed by atoms with Crippen molar-refractivity contribution in [3.63, 3.8) is 0 Å². The van der Waals surface area contributed by atoms with Crippen LogP contribution in [0, 0.1) is 0 Å². The molecule has 4 heterocycles. The lowest BCUT2D eigenvalue weighted by Gasteiger charge is -2.32. The van der Waals surface area contributed by atoms with Crippen molar-refractivity contribution in [2.24, 2.45) is 0 Å². The first-order valence-electron chi connectivity index (χ1n) is 9.10. The van der Waals surface area contributed by atoms with Gasteiger partial charge in [-0.05, 0) is 41.5 Å². The molecule has 1 saturated heterocycles. The first-order valence-corrected chi connectivity index (χ1v) is 9.90. The number of piperazine rings is 1. The summed E-state index contributed by atoms with van der Waals surface area (Å²) in [5, 5.41) is 0. The molecule has 2 aliphatic rings. The monoisotopic (exact) mass is 421 g/mol.